The van der Waals surface area contributed by atoms with Crippen LogP contribution in [0.3, 0.4) is 0 Å². The van der Waals surface area contributed by atoms with Crippen LogP contribution in [0.15, 0.2) is 53.3 Å². The third kappa shape index (κ3) is 2.99. The number of piperidine rings is 1. The maximum absolute atomic E-state index is 13.3. The molecule has 180 valence electrons. The van der Waals surface area contributed by atoms with Gasteiger partial charge in [-0.25, -0.2) is 0 Å². The fourth-order valence-corrected chi connectivity index (χ4v) is 6.57. The number of nitrogens with zero attached hydrogens (tertiary/aromatic N) is 4. The normalized spacial score (nSPS) is 21.4. The molecule has 0 radical (unpaired) electrons. The molecule has 8 nitrogen and oxygen atoms in total. The summed E-state index contributed by atoms with van der Waals surface area (Å²) in [6.45, 7) is 1.59. The average molecular weight is 478 g/mol. The number of H-pyrrole nitrogens is 2. The minimum absolute atomic E-state index is 0.0507. The molecule has 1 spiro atoms. The standard InChI is InChI=1S/C28H27N7O/c29-16-17-4-3-6-19(14-17)28(8-9-28)23-21-24(34-33-23)31-26(32-25(21)36)35-12-10-27(11-13-35)15-18-5-1-2-7-20(18)22(27)30/h1-7,14,22H,8-13,15,30H2,(H2,31,32,33,34,36)/t22-/m1/s1. The second kappa shape index (κ2) is 7.52. The lowest BCUT2D eigenvalue weighted by atomic mass is 9.73. The van der Waals surface area contributed by atoms with Gasteiger partial charge in [-0.1, -0.05) is 36.4 Å². The van der Waals surface area contributed by atoms with Gasteiger partial charge in [0.05, 0.1) is 17.3 Å². The zero-order valence-corrected chi connectivity index (χ0v) is 19.9. The van der Waals surface area contributed by atoms with E-state index in [0.29, 0.717) is 22.5 Å². The van der Waals surface area contributed by atoms with E-state index < -0.39 is 0 Å². The zero-order valence-electron chi connectivity index (χ0n) is 19.9. The number of anilines is 1. The van der Waals surface area contributed by atoms with Crippen molar-refractivity contribution >= 4 is 17.0 Å². The molecule has 4 aromatic rings. The number of fused-ring (bicyclic) bond motifs is 2. The molecular weight excluding hydrogens is 450 g/mol. The number of benzene rings is 2. The topological polar surface area (TPSA) is 127 Å². The molecule has 2 fully saturated rings. The lowest BCUT2D eigenvalue weighted by Gasteiger charge is -2.42. The minimum Gasteiger partial charge on any atom is -0.342 e. The highest BCUT2D eigenvalue weighted by Gasteiger charge is 2.50. The van der Waals surface area contributed by atoms with Gasteiger partial charge in [0.25, 0.3) is 5.56 Å². The summed E-state index contributed by atoms with van der Waals surface area (Å²) in [6, 6.07) is 18.4. The first-order valence-electron chi connectivity index (χ1n) is 12.6. The molecule has 0 unspecified atom stereocenters. The molecule has 3 aliphatic rings. The Morgan fingerprint density at radius 3 is 2.64 bits per heavy atom. The van der Waals surface area contributed by atoms with Crippen molar-refractivity contribution in [3.8, 4) is 6.07 Å². The molecule has 2 aromatic heterocycles. The third-order valence-corrected chi connectivity index (χ3v) is 8.82. The maximum atomic E-state index is 13.3. The van der Waals surface area contributed by atoms with Crippen LogP contribution in [-0.4, -0.2) is 33.3 Å². The Morgan fingerprint density at radius 2 is 1.89 bits per heavy atom. The fraction of sp³-hybridized carbons (Fsp3) is 0.357. The molecule has 4 N–H and O–H groups in total. The van der Waals surface area contributed by atoms with Crippen molar-refractivity contribution in [2.75, 3.05) is 18.0 Å². The number of hydrogen-bond acceptors (Lipinski definition) is 6. The molecule has 7 rings (SSSR count). The van der Waals surface area contributed by atoms with Crippen molar-refractivity contribution < 1.29 is 0 Å². The SMILES string of the molecule is N#Cc1cccc(C2(c3n[nH]c4nc(N5CCC6(CC5)Cc5ccccc5[C@H]6N)[nH]c(=O)c34)CC2)c1. The van der Waals surface area contributed by atoms with Crippen LogP contribution in [0.25, 0.3) is 11.0 Å². The fourth-order valence-electron chi connectivity index (χ4n) is 6.57. The van der Waals surface area contributed by atoms with Crippen LogP contribution in [-0.2, 0) is 11.8 Å². The number of nitrogens with one attached hydrogen (secondary N) is 2. The Hall–Kier alpha value is -3.96. The lowest BCUT2D eigenvalue weighted by Crippen LogP contribution is -2.45. The molecule has 1 saturated heterocycles. The van der Waals surface area contributed by atoms with Crippen LogP contribution < -0.4 is 16.2 Å². The van der Waals surface area contributed by atoms with Crippen LogP contribution in [0.2, 0.25) is 0 Å². The van der Waals surface area contributed by atoms with E-state index in [9.17, 15) is 10.1 Å². The van der Waals surface area contributed by atoms with Crippen LogP contribution in [0.1, 0.15) is 59.7 Å². The van der Waals surface area contributed by atoms with E-state index in [-0.39, 0.29) is 22.4 Å². The molecule has 1 saturated carbocycles. The monoisotopic (exact) mass is 477 g/mol. The predicted octanol–water partition coefficient (Wildman–Crippen LogP) is 3.44. The Kier molecular flexibility index (Phi) is 4.45. The van der Waals surface area contributed by atoms with Gasteiger partial charge in [0.15, 0.2) is 5.65 Å². The van der Waals surface area contributed by atoms with E-state index in [2.05, 4.69) is 50.4 Å². The number of aromatic amines is 2. The van der Waals surface area contributed by atoms with Crippen molar-refractivity contribution in [2.45, 2.75) is 43.6 Å². The first-order valence-corrected chi connectivity index (χ1v) is 12.6. The van der Waals surface area contributed by atoms with Crippen LogP contribution in [0, 0.1) is 16.7 Å². The summed E-state index contributed by atoms with van der Waals surface area (Å²) in [5, 5.41) is 17.4. The molecule has 36 heavy (non-hydrogen) atoms. The van der Waals surface area contributed by atoms with Gasteiger partial charge < -0.3 is 10.6 Å². The van der Waals surface area contributed by atoms with Gasteiger partial charge in [0.2, 0.25) is 5.95 Å². The predicted molar refractivity (Wildman–Crippen MR) is 137 cm³/mol. The highest BCUT2D eigenvalue weighted by molar-refractivity contribution is 5.80. The van der Waals surface area contributed by atoms with Crippen molar-refractivity contribution in [2.24, 2.45) is 11.1 Å². The molecule has 1 aliphatic heterocycles. The van der Waals surface area contributed by atoms with Gasteiger partial charge in [0.1, 0.15) is 5.39 Å². The number of nitrogens with two attached hydrogens (primary N) is 1. The minimum atomic E-state index is -0.341. The molecule has 1 atom stereocenters. The quantitative estimate of drug-likeness (QED) is 0.415. The summed E-state index contributed by atoms with van der Waals surface area (Å²) < 4.78 is 0. The highest BCUT2D eigenvalue weighted by atomic mass is 16.1. The Balaban J connectivity index is 1.17. The molecule has 3 heterocycles. The van der Waals surface area contributed by atoms with E-state index in [1.165, 1.54) is 11.1 Å². The van der Waals surface area contributed by atoms with Gasteiger partial charge >= 0.3 is 0 Å². The summed E-state index contributed by atoms with van der Waals surface area (Å²) in [4.78, 5) is 23.3. The van der Waals surface area contributed by atoms with E-state index in [1.807, 2.05) is 18.2 Å². The molecule has 0 amide bonds. The number of aromatic nitrogens is 4. The summed E-state index contributed by atoms with van der Waals surface area (Å²) in [6.07, 6.45) is 4.70. The summed E-state index contributed by atoms with van der Waals surface area (Å²) >= 11 is 0. The van der Waals surface area contributed by atoms with Gasteiger partial charge in [0, 0.05) is 24.5 Å². The average Bonchev–Trinajstić information content (AvgIpc) is 3.53. The number of nitriles is 1. The highest BCUT2D eigenvalue weighted by Crippen LogP contribution is 2.54. The van der Waals surface area contributed by atoms with Crippen LogP contribution in [0.4, 0.5) is 5.95 Å². The smallest absolute Gasteiger partial charge is 0.263 e. The number of rotatable bonds is 3. The van der Waals surface area contributed by atoms with Gasteiger partial charge in [-0.2, -0.15) is 15.3 Å². The van der Waals surface area contributed by atoms with Crippen molar-refractivity contribution in [3.05, 3.63) is 86.8 Å². The Labute approximate surface area is 208 Å². The first kappa shape index (κ1) is 21.3. The molecule has 2 aliphatic carbocycles. The van der Waals surface area contributed by atoms with Crippen molar-refractivity contribution in [1.29, 1.82) is 5.26 Å². The van der Waals surface area contributed by atoms with E-state index in [0.717, 1.165) is 56.5 Å². The van der Waals surface area contributed by atoms with Gasteiger partial charge in [-0.15, -0.1) is 0 Å². The largest absolute Gasteiger partial charge is 0.342 e. The molecular formula is C28H27N7O. The van der Waals surface area contributed by atoms with Crippen LogP contribution >= 0.6 is 0 Å². The van der Waals surface area contributed by atoms with Crippen molar-refractivity contribution in [1.82, 2.24) is 20.2 Å². The zero-order chi connectivity index (χ0) is 24.5. The van der Waals surface area contributed by atoms with E-state index >= 15 is 0 Å². The van der Waals surface area contributed by atoms with Crippen LogP contribution in [0.5, 0.6) is 0 Å². The molecule has 2 aromatic carbocycles. The third-order valence-electron chi connectivity index (χ3n) is 8.82. The van der Waals surface area contributed by atoms with E-state index in [4.69, 9.17) is 10.7 Å². The Bertz CT molecular complexity index is 1600. The second-order valence-corrected chi connectivity index (χ2v) is 10.7. The summed E-state index contributed by atoms with van der Waals surface area (Å²) in [7, 11) is 0. The molecule has 0 bridgehead atoms. The number of hydrogen-bond donors (Lipinski definition) is 3. The molecule has 8 heteroatoms. The lowest BCUT2D eigenvalue weighted by molar-refractivity contribution is 0.187. The van der Waals surface area contributed by atoms with Gasteiger partial charge in [-0.3, -0.25) is 14.9 Å². The first-order chi connectivity index (χ1) is 17.5. The van der Waals surface area contributed by atoms with Crippen molar-refractivity contribution in [3.63, 3.8) is 0 Å². The summed E-state index contributed by atoms with van der Waals surface area (Å²) in [5.41, 5.74) is 11.8. The maximum Gasteiger partial charge on any atom is 0.263 e. The van der Waals surface area contributed by atoms with Gasteiger partial charge in [-0.05, 0) is 66.3 Å². The second-order valence-electron chi connectivity index (χ2n) is 10.7. The van der Waals surface area contributed by atoms with E-state index in [1.54, 1.807) is 6.07 Å². The summed E-state index contributed by atoms with van der Waals surface area (Å²) in [5.74, 6) is 0.581. The Morgan fingerprint density at radius 1 is 1.08 bits per heavy atom.